The summed E-state index contributed by atoms with van der Waals surface area (Å²) in [6.45, 7) is 0. The van der Waals surface area contributed by atoms with Crippen molar-refractivity contribution in [2.75, 3.05) is 4.90 Å². The zero-order chi connectivity index (χ0) is 13.5. The summed E-state index contributed by atoms with van der Waals surface area (Å²) < 4.78 is 0. The molecule has 5 heteroatoms. The molecule has 2 rings (SSSR count). The van der Waals surface area contributed by atoms with Crippen LogP contribution < -0.4 is 4.90 Å². The summed E-state index contributed by atoms with van der Waals surface area (Å²) in [7, 11) is 0. The predicted octanol–water partition coefficient (Wildman–Crippen LogP) is 3.87. The Bertz CT molecular complexity index is 633. The van der Waals surface area contributed by atoms with Crippen LogP contribution in [0.25, 0.3) is 0 Å². The lowest BCUT2D eigenvalue weighted by molar-refractivity contribution is 1.22. The third-order valence-corrected chi connectivity index (χ3v) is 2.35. The Hall–Kier alpha value is -3.18. The van der Waals surface area contributed by atoms with Crippen LogP contribution in [0, 0.1) is 22.9 Å². The molecule has 0 fully saturated rings. The van der Waals surface area contributed by atoms with Gasteiger partial charge < -0.3 is 0 Å². The van der Waals surface area contributed by atoms with E-state index in [1.807, 2.05) is 30.3 Å². The largest absolute Gasteiger partial charge is 0.198 e. The molecule has 0 aliphatic heterocycles. The van der Waals surface area contributed by atoms with E-state index in [1.165, 1.54) is 0 Å². The molecule has 0 unspecified atom stereocenters. The first-order valence-corrected chi connectivity index (χ1v) is 5.50. The molecule has 0 saturated carbocycles. The van der Waals surface area contributed by atoms with Crippen LogP contribution in [0.2, 0.25) is 0 Å². The number of azo groups is 1. The van der Waals surface area contributed by atoms with Gasteiger partial charge in [-0.25, -0.2) is 0 Å². The lowest BCUT2D eigenvalue weighted by atomic mass is 10.3. The van der Waals surface area contributed by atoms with Gasteiger partial charge in [-0.3, -0.25) is 0 Å². The maximum atomic E-state index is 8.71. The Morgan fingerprint density at radius 2 is 1.26 bits per heavy atom. The van der Waals surface area contributed by atoms with Crippen LogP contribution in [0.15, 0.2) is 64.8 Å². The molecule has 5 nitrogen and oxygen atoms in total. The highest BCUT2D eigenvalue weighted by Gasteiger charge is 2.02. The van der Waals surface area contributed by atoms with Crippen molar-refractivity contribution in [1.82, 2.24) is 0 Å². The summed E-state index contributed by atoms with van der Waals surface area (Å²) in [6.07, 6.45) is 3.53. The monoisotopic (exact) mass is 247 g/mol. The second-order valence-electron chi connectivity index (χ2n) is 3.59. The van der Waals surface area contributed by atoms with Gasteiger partial charge in [0.1, 0.15) is 0 Å². The van der Waals surface area contributed by atoms with Crippen LogP contribution in [-0.2, 0) is 0 Å². The van der Waals surface area contributed by atoms with Gasteiger partial charge in [0.2, 0.25) is 0 Å². The zero-order valence-electron chi connectivity index (χ0n) is 9.93. The fourth-order valence-electron chi connectivity index (χ4n) is 1.42. The van der Waals surface area contributed by atoms with Crippen LogP contribution >= 0.6 is 0 Å². The zero-order valence-corrected chi connectivity index (χ0v) is 9.93. The van der Waals surface area contributed by atoms with Crippen molar-refractivity contribution in [3.8, 4) is 12.4 Å². The van der Waals surface area contributed by atoms with E-state index in [9.17, 15) is 0 Å². The smallest absolute Gasteiger partial charge is 0.183 e. The highest BCUT2D eigenvalue weighted by molar-refractivity contribution is 5.58. The minimum absolute atomic E-state index is 0.503. The van der Waals surface area contributed by atoms with Crippen molar-refractivity contribution in [1.29, 1.82) is 10.5 Å². The number of hydrogen-bond acceptors (Lipinski definition) is 5. The molecule has 2 aromatic rings. The highest BCUT2D eigenvalue weighted by Crippen LogP contribution is 2.21. The molecular formula is C14H9N5. The summed E-state index contributed by atoms with van der Waals surface area (Å²) in [5, 5.41) is 25.6. The van der Waals surface area contributed by atoms with E-state index in [0.717, 1.165) is 10.6 Å². The van der Waals surface area contributed by atoms with E-state index >= 15 is 0 Å². The molecule has 0 bridgehead atoms. The minimum Gasteiger partial charge on any atom is -0.183 e. The van der Waals surface area contributed by atoms with Crippen molar-refractivity contribution in [3.05, 3.63) is 54.6 Å². The summed E-state index contributed by atoms with van der Waals surface area (Å²) in [6, 6.07) is 16.1. The first-order chi connectivity index (χ1) is 9.33. The van der Waals surface area contributed by atoms with Gasteiger partial charge in [0.25, 0.3) is 0 Å². The van der Waals surface area contributed by atoms with Crippen LogP contribution in [0.4, 0.5) is 17.1 Å². The highest BCUT2D eigenvalue weighted by atomic mass is 15.1. The number of benzene rings is 2. The van der Waals surface area contributed by atoms with E-state index in [-0.39, 0.29) is 0 Å². The molecule has 0 aromatic heterocycles. The molecule has 0 radical (unpaired) electrons. The van der Waals surface area contributed by atoms with E-state index in [1.54, 1.807) is 36.7 Å². The third kappa shape index (κ3) is 3.15. The van der Waals surface area contributed by atoms with E-state index in [0.29, 0.717) is 11.4 Å². The lowest BCUT2D eigenvalue weighted by Crippen LogP contribution is -2.06. The van der Waals surface area contributed by atoms with Gasteiger partial charge in [0.05, 0.1) is 17.1 Å². The third-order valence-electron chi connectivity index (χ3n) is 2.35. The SMILES string of the molecule is N#CN(C#N)c1ccc(N=Nc2ccccc2)cc1. The molecule has 0 spiro atoms. The van der Waals surface area contributed by atoms with Crippen LogP contribution in [0.5, 0.6) is 0 Å². The molecule has 0 amide bonds. The summed E-state index contributed by atoms with van der Waals surface area (Å²) in [4.78, 5) is 0.915. The lowest BCUT2D eigenvalue weighted by Gasteiger charge is -2.04. The van der Waals surface area contributed by atoms with E-state index in [2.05, 4.69) is 10.2 Å². The number of nitriles is 2. The van der Waals surface area contributed by atoms with Crippen molar-refractivity contribution >= 4 is 17.1 Å². The quantitative estimate of drug-likeness (QED) is 0.469. The number of hydrogen-bond donors (Lipinski definition) is 0. The fourth-order valence-corrected chi connectivity index (χ4v) is 1.42. The molecule has 0 N–H and O–H groups in total. The summed E-state index contributed by atoms with van der Waals surface area (Å²) in [5.74, 6) is 0. The Kier molecular flexibility index (Phi) is 3.84. The van der Waals surface area contributed by atoms with Crippen molar-refractivity contribution < 1.29 is 0 Å². The summed E-state index contributed by atoms with van der Waals surface area (Å²) >= 11 is 0. The summed E-state index contributed by atoms with van der Waals surface area (Å²) in [5.41, 5.74) is 1.93. The van der Waals surface area contributed by atoms with Gasteiger partial charge in [-0.05, 0) is 36.4 Å². The molecule has 0 aliphatic carbocycles. The van der Waals surface area contributed by atoms with Crippen LogP contribution in [0.3, 0.4) is 0 Å². The number of anilines is 1. The van der Waals surface area contributed by atoms with E-state index in [4.69, 9.17) is 10.5 Å². The number of nitrogens with zero attached hydrogens (tertiary/aromatic N) is 5. The van der Waals surface area contributed by atoms with Gasteiger partial charge >= 0.3 is 0 Å². The van der Waals surface area contributed by atoms with Gasteiger partial charge in [-0.1, -0.05) is 18.2 Å². The Morgan fingerprint density at radius 1 is 0.737 bits per heavy atom. The van der Waals surface area contributed by atoms with E-state index < -0.39 is 0 Å². The Labute approximate surface area is 110 Å². The Balaban J connectivity index is 2.14. The predicted molar refractivity (Wildman–Crippen MR) is 70.8 cm³/mol. The van der Waals surface area contributed by atoms with Gasteiger partial charge in [-0.2, -0.15) is 25.7 Å². The minimum atomic E-state index is 0.503. The molecule has 90 valence electrons. The topological polar surface area (TPSA) is 75.5 Å². The molecule has 0 saturated heterocycles. The fraction of sp³-hybridized carbons (Fsp3) is 0. The normalized spacial score (nSPS) is 9.79. The molecule has 19 heavy (non-hydrogen) atoms. The first kappa shape index (κ1) is 12.3. The average Bonchev–Trinajstić information content (AvgIpc) is 2.49. The van der Waals surface area contributed by atoms with Crippen LogP contribution in [0.1, 0.15) is 0 Å². The Morgan fingerprint density at radius 3 is 1.79 bits per heavy atom. The van der Waals surface area contributed by atoms with Gasteiger partial charge in [-0.15, -0.1) is 0 Å². The first-order valence-electron chi connectivity index (χ1n) is 5.50. The number of rotatable bonds is 3. The molecule has 0 heterocycles. The second kappa shape index (κ2) is 5.95. The maximum absolute atomic E-state index is 8.71. The molecular weight excluding hydrogens is 238 g/mol. The van der Waals surface area contributed by atoms with Crippen molar-refractivity contribution in [3.63, 3.8) is 0 Å². The van der Waals surface area contributed by atoms with Gasteiger partial charge in [0.15, 0.2) is 12.4 Å². The molecule has 0 atom stereocenters. The van der Waals surface area contributed by atoms with Crippen LogP contribution in [-0.4, -0.2) is 0 Å². The second-order valence-corrected chi connectivity index (χ2v) is 3.59. The standard InChI is InChI=1S/C14H9N5/c15-10-19(11-16)14-8-6-13(7-9-14)18-17-12-4-2-1-3-5-12/h1-9H. The molecule has 2 aromatic carbocycles. The molecule has 0 aliphatic rings. The van der Waals surface area contributed by atoms with Gasteiger partial charge in [0, 0.05) is 0 Å². The van der Waals surface area contributed by atoms with Crippen molar-refractivity contribution in [2.24, 2.45) is 10.2 Å². The van der Waals surface area contributed by atoms with Crippen molar-refractivity contribution in [2.45, 2.75) is 0 Å². The average molecular weight is 247 g/mol. The maximum Gasteiger partial charge on any atom is 0.198 e.